The van der Waals surface area contributed by atoms with Gasteiger partial charge >= 0.3 is 0 Å². The van der Waals surface area contributed by atoms with E-state index in [2.05, 4.69) is 9.98 Å². The highest BCUT2D eigenvalue weighted by atomic mass is 16.3. The van der Waals surface area contributed by atoms with Crippen LogP contribution in [0.25, 0.3) is 10.9 Å². The second-order valence-corrected chi connectivity index (χ2v) is 7.15. The van der Waals surface area contributed by atoms with E-state index >= 15 is 0 Å². The SMILES string of the molecule is Cc1ccc(N=Cc2c(O)[nH]c3ccc(C(=O)c4ccc(C(N)=O)cc4)cc23)cc1O. The molecule has 0 unspecified atom stereocenters. The van der Waals surface area contributed by atoms with Crippen molar-refractivity contribution in [1.29, 1.82) is 0 Å². The number of phenolic OH excluding ortho intramolecular Hbond substituents is 1. The van der Waals surface area contributed by atoms with Crippen LogP contribution >= 0.6 is 0 Å². The van der Waals surface area contributed by atoms with Crippen LogP contribution < -0.4 is 5.73 Å². The van der Waals surface area contributed by atoms with Crippen LogP contribution in [0.2, 0.25) is 0 Å². The highest BCUT2D eigenvalue weighted by Crippen LogP contribution is 2.29. The molecule has 0 saturated carbocycles. The number of primary amides is 1. The Kier molecular flexibility index (Phi) is 5.00. The molecular weight excluding hydrogens is 394 g/mol. The Morgan fingerprint density at radius 1 is 0.935 bits per heavy atom. The lowest BCUT2D eigenvalue weighted by Gasteiger charge is -2.03. The Hall–Kier alpha value is -4.39. The molecule has 0 aliphatic carbocycles. The number of aryl methyl sites for hydroxylation is 1. The van der Waals surface area contributed by atoms with Crippen molar-refractivity contribution < 1.29 is 19.8 Å². The summed E-state index contributed by atoms with van der Waals surface area (Å²) < 4.78 is 0. The van der Waals surface area contributed by atoms with Crippen molar-refractivity contribution in [2.75, 3.05) is 0 Å². The van der Waals surface area contributed by atoms with Crippen molar-refractivity contribution in [2.45, 2.75) is 6.92 Å². The number of fused-ring (bicyclic) bond motifs is 1. The van der Waals surface area contributed by atoms with Crippen LogP contribution in [-0.2, 0) is 0 Å². The molecule has 0 bridgehead atoms. The lowest BCUT2D eigenvalue weighted by molar-refractivity contribution is 0.0997. The van der Waals surface area contributed by atoms with Gasteiger partial charge in [0.15, 0.2) is 11.7 Å². The number of hydrogen-bond donors (Lipinski definition) is 4. The van der Waals surface area contributed by atoms with E-state index in [1.54, 1.807) is 49.4 Å². The maximum absolute atomic E-state index is 12.9. The summed E-state index contributed by atoms with van der Waals surface area (Å²) in [4.78, 5) is 31.3. The number of benzene rings is 3. The topological polar surface area (TPSA) is 129 Å². The third kappa shape index (κ3) is 3.89. The second kappa shape index (κ2) is 7.79. The van der Waals surface area contributed by atoms with E-state index in [1.165, 1.54) is 24.4 Å². The summed E-state index contributed by atoms with van der Waals surface area (Å²) in [6.07, 6.45) is 1.48. The zero-order valence-electron chi connectivity index (χ0n) is 16.6. The normalized spacial score (nSPS) is 11.3. The number of phenols is 1. The van der Waals surface area contributed by atoms with Crippen molar-refractivity contribution in [3.8, 4) is 11.6 Å². The third-order valence-corrected chi connectivity index (χ3v) is 5.05. The molecule has 5 N–H and O–H groups in total. The summed E-state index contributed by atoms with van der Waals surface area (Å²) in [5.41, 5.74) is 8.73. The number of carbonyl (C=O) groups is 2. The third-order valence-electron chi connectivity index (χ3n) is 5.05. The van der Waals surface area contributed by atoms with Gasteiger partial charge in [-0.1, -0.05) is 18.2 Å². The Morgan fingerprint density at radius 2 is 1.61 bits per heavy atom. The van der Waals surface area contributed by atoms with Crippen LogP contribution in [0.1, 0.15) is 37.4 Å². The average Bonchev–Trinajstić information content (AvgIpc) is 3.08. The smallest absolute Gasteiger partial charge is 0.248 e. The molecule has 0 aliphatic heterocycles. The van der Waals surface area contributed by atoms with Gasteiger partial charge in [0, 0.05) is 39.9 Å². The van der Waals surface area contributed by atoms with Gasteiger partial charge in [0.1, 0.15) is 5.75 Å². The number of aliphatic imine (C=N–C) groups is 1. The predicted molar refractivity (Wildman–Crippen MR) is 118 cm³/mol. The van der Waals surface area contributed by atoms with Crippen LogP contribution in [0.4, 0.5) is 5.69 Å². The van der Waals surface area contributed by atoms with Gasteiger partial charge in [0.05, 0.1) is 11.3 Å². The second-order valence-electron chi connectivity index (χ2n) is 7.15. The number of carbonyl (C=O) groups excluding carboxylic acids is 2. The number of ketones is 1. The maximum Gasteiger partial charge on any atom is 0.248 e. The fraction of sp³-hybridized carbons (Fsp3) is 0.0417. The minimum atomic E-state index is -0.561. The van der Waals surface area contributed by atoms with E-state index < -0.39 is 5.91 Å². The van der Waals surface area contributed by atoms with Crippen molar-refractivity contribution in [1.82, 2.24) is 4.98 Å². The number of hydrogen-bond acceptors (Lipinski definition) is 5. The molecule has 0 saturated heterocycles. The standard InChI is InChI=1S/C24H19N3O4/c1-13-2-8-17(11-21(13)28)26-12-19-18-10-16(7-9-20(18)27-24(19)31)22(29)14-3-5-15(6-4-14)23(25)30/h2-12,27-28,31H,1H3,(H2,25,30). The van der Waals surface area contributed by atoms with Crippen molar-refractivity contribution >= 4 is 34.5 Å². The van der Waals surface area contributed by atoms with Crippen LogP contribution in [0.5, 0.6) is 11.6 Å². The van der Waals surface area contributed by atoms with E-state index in [9.17, 15) is 19.8 Å². The summed E-state index contributed by atoms with van der Waals surface area (Å²) >= 11 is 0. The van der Waals surface area contributed by atoms with Gasteiger partial charge in [-0.3, -0.25) is 14.6 Å². The number of aromatic amines is 1. The summed E-state index contributed by atoms with van der Waals surface area (Å²) in [5, 5.41) is 20.8. The van der Waals surface area contributed by atoms with Crippen LogP contribution in [0, 0.1) is 6.92 Å². The molecule has 31 heavy (non-hydrogen) atoms. The summed E-state index contributed by atoms with van der Waals surface area (Å²) in [6.45, 7) is 1.79. The number of rotatable bonds is 5. The van der Waals surface area contributed by atoms with Crippen molar-refractivity contribution in [3.63, 3.8) is 0 Å². The van der Waals surface area contributed by atoms with Gasteiger partial charge in [-0.15, -0.1) is 0 Å². The number of aromatic hydroxyl groups is 2. The largest absolute Gasteiger partial charge is 0.508 e. The highest BCUT2D eigenvalue weighted by molar-refractivity contribution is 6.12. The molecule has 0 fully saturated rings. The number of amides is 1. The molecule has 1 aromatic heterocycles. The van der Waals surface area contributed by atoms with Crippen LogP contribution in [0.15, 0.2) is 65.7 Å². The molecule has 0 atom stereocenters. The van der Waals surface area contributed by atoms with E-state index in [0.29, 0.717) is 38.8 Å². The Balaban J connectivity index is 1.70. The number of nitrogens with one attached hydrogen (secondary N) is 1. The molecule has 7 nitrogen and oxygen atoms in total. The van der Waals surface area contributed by atoms with E-state index in [4.69, 9.17) is 5.73 Å². The monoisotopic (exact) mass is 413 g/mol. The Labute approximate surface area is 177 Å². The summed E-state index contributed by atoms with van der Waals surface area (Å²) in [7, 11) is 0. The molecular formula is C24H19N3O4. The quantitative estimate of drug-likeness (QED) is 0.291. The molecule has 4 rings (SSSR count). The molecule has 7 heteroatoms. The van der Waals surface area contributed by atoms with Crippen LogP contribution in [-0.4, -0.2) is 33.1 Å². The average molecular weight is 413 g/mol. The lowest BCUT2D eigenvalue weighted by atomic mass is 10.00. The summed E-state index contributed by atoms with van der Waals surface area (Å²) in [5.74, 6) is -0.738. The zero-order chi connectivity index (χ0) is 22.1. The first-order valence-electron chi connectivity index (χ1n) is 9.46. The molecule has 154 valence electrons. The Morgan fingerprint density at radius 3 is 2.29 bits per heavy atom. The van der Waals surface area contributed by atoms with E-state index in [-0.39, 0.29) is 17.4 Å². The van der Waals surface area contributed by atoms with Gasteiger partial charge in [-0.2, -0.15) is 0 Å². The van der Waals surface area contributed by atoms with E-state index in [1.807, 2.05) is 0 Å². The number of H-pyrrole nitrogens is 1. The highest BCUT2D eigenvalue weighted by Gasteiger charge is 2.15. The number of nitrogens with zero attached hydrogens (tertiary/aromatic N) is 1. The first kappa shape index (κ1) is 19.9. The summed E-state index contributed by atoms with van der Waals surface area (Å²) in [6, 6.07) is 16.2. The minimum Gasteiger partial charge on any atom is -0.508 e. The van der Waals surface area contributed by atoms with E-state index in [0.717, 1.165) is 5.56 Å². The molecule has 1 heterocycles. The first-order valence-corrected chi connectivity index (χ1v) is 9.46. The maximum atomic E-state index is 12.9. The lowest BCUT2D eigenvalue weighted by Crippen LogP contribution is -2.11. The van der Waals surface area contributed by atoms with Gasteiger partial charge < -0.3 is 20.9 Å². The van der Waals surface area contributed by atoms with Crippen LogP contribution in [0.3, 0.4) is 0 Å². The molecule has 1 amide bonds. The molecule has 0 spiro atoms. The minimum absolute atomic E-state index is 0.0782. The predicted octanol–water partition coefficient (Wildman–Crippen LogP) is 3.97. The van der Waals surface area contributed by atoms with Gasteiger partial charge in [0.2, 0.25) is 5.91 Å². The molecule has 3 aromatic carbocycles. The number of aromatic nitrogens is 1. The van der Waals surface area contributed by atoms with Gasteiger partial charge in [-0.25, -0.2) is 0 Å². The van der Waals surface area contributed by atoms with Crippen molar-refractivity contribution in [3.05, 3.63) is 88.5 Å². The molecule has 0 radical (unpaired) electrons. The van der Waals surface area contributed by atoms with Gasteiger partial charge in [0.25, 0.3) is 0 Å². The van der Waals surface area contributed by atoms with Crippen molar-refractivity contribution in [2.24, 2.45) is 10.7 Å². The fourth-order valence-electron chi connectivity index (χ4n) is 3.24. The fourth-order valence-corrected chi connectivity index (χ4v) is 3.24. The first-order chi connectivity index (χ1) is 14.8. The van der Waals surface area contributed by atoms with Gasteiger partial charge in [-0.05, 0) is 48.9 Å². The number of nitrogens with two attached hydrogens (primary N) is 1. The zero-order valence-corrected chi connectivity index (χ0v) is 16.6. The molecule has 0 aliphatic rings. The Bertz CT molecular complexity index is 1350. The molecule has 4 aromatic rings.